The van der Waals surface area contributed by atoms with Crippen LogP contribution in [0.2, 0.25) is 5.02 Å². The quantitative estimate of drug-likeness (QED) is 0.238. The number of anilines is 1. The summed E-state index contributed by atoms with van der Waals surface area (Å²) in [5.41, 5.74) is 3.11. The third kappa shape index (κ3) is 9.61. The van der Waals surface area contributed by atoms with Gasteiger partial charge in [-0.2, -0.15) is 0 Å². The summed E-state index contributed by atoms with van der Waals surface area (Å²) in [6.45, 7) is 6.30. The summed E-state index contributed by atoms with van der Waals surface area (Å²) in [7, 11) is -3.81. The molecule has 0 aromatic heterocycles. The maximum atomic E-state index is 14.1. The van der Waals surface area contributed by atoms with Gasteiger partial charge in [0.15, 0.2) is 0 Å². The molecule has 7 nitrogen and oxygen atoms in total. The van der Waals surface area contributed by atoms with Gasteiger partial charge in [-0.05, 0) is 53.3 Å². The molecule has 0 spiro atoms. The minimum absolute atomic E-state index is 0.110. The average Bonchev–Trinajstić information content (AvgIpc) is 2.94. The Morgan fingerprint density at radius 2 is 1.54 bits per heavy atom. The van der Waals surface area contributed by atoms with Crippen LogP contribution >= 0.6 is 11.6 Å². The van der Waals surface area contributed by atoms with Crippen LogP contribution in [0.5, 0.6) is 0 Å². The third-order valence-corrected chi connectivity index (χ3v) is 8.29. The van der Waals surface area contributed by atoms with Gasteiger partial charge in [0.2, 0.25) is 21.8 Å². The van der Waals surface area contributed by atoms with E-state index in [2.05, 4.69) is 19.2 Å². The van der Waals surface area contributed by atoms with Gasteiger partial charge in [-0.3, -0.25) is 13.9 Å². The molecule has 0 unspecified atom stereocenters. The van der Waals surface area contributed by atoms with E-state index in [1.807, 2.05) is 49.4 Å². The molecule has 3 rings (SSSR count). The number of benzene rings is 3. The SMILES string of the molecule is CCCCNC(=O)[C@H](Cc1ccccc1)N(Cc1ccc(Cl)cc1)C(=O)CN(c1ccc(C(C)C)cc1)S(C)(=O)=O. The van der Waals surface area contributed by atoms with Gasteiger partial charge < -0.3 is 10.2 Å². The lowest BCUT2D eigenvalue weighted by atomic mass is 10.0. The zero-order valence-corrected chi connectivity index (χ0v) is 25.8. The lowest BCUT2D eigenvalue weighted by molar-refractivity contribution is -0.140. The summed E-state index contributed by atoms with van der Waals surface area (Å²) < 4.78 is 27.0. The molecule has 0 radical (unpaired) electrons. The van der Waals surface area contributed by atoms with Crippen molar-refractivity contribution in [2.45, 2.75) is 58.5 Å². The van der Waals surface area contributed by atoms with Crippen LogP contribution in [0.4, 0.5) is 5.69 Å². The van der Waals surface area contributed by atoms with Crippen molar-refractivity contribution in [3.05, 3.63) is 101 Å². The van der Waals surface area contributed by atoms with Gasteiger partial charge in [-0.15, -0.1) is 0 Å². The van der Waals surface area contributed by atoms with Crippen molar-refractivity contribution < 1.29 is 18.0 Å². The number of sulfonamides is 1. The van der Waals surface area contributed by atoms with Crippen LogP contribution in [0, 0.1) is 0 Å². The molecule has 0 aliphatic heterocycles. The van der Waals surface area contributed by atoms with Crippen molar-refractivity contribution in [3.63, 3.8) is 0 Å². The molecule has 0 fully saturated rings. The number of hydrogen-bond donors (Lipinski definition) is 1. The molecular formula is C32H40ClN3O4S. The molecule has 41 heavy (non-hydrogen) atoms. The van der Waals surface area contributed by atoms with E-state index in [9.17, 15) is 18.0 Å². The zero-order chi connectivity index (χ0) is 30.0. The fraction of sp³-hybridized carbons (Fsp3) is 0.375. The van der Waals surface area contributed by atoms with Crippen molar-refractivity contribution in [1.82, 2.24) is 10.2 Å². The summed E-state index contributed by atoms with van der Waals surface area (Å²) in [6, 6.07) is 22.9. The summed E-state index contributed by atoms with van der Waals surface area (Å²) in [6.07, 6.45) is 3.08. The highest BCUT2D eigenvalue weighted by Crippen LogP contribution is 2.23. The molecule has 0 heterocycles. The monoisotopic (exact) mass is 597 g/mol. The lowest BCUT2D eigenvalue weighted by Gasteiger charge is -2.33. The van der Waals surface area contributed by atoms with Gasteiger partial charge in [0.05, 0.1) is 11.9 Å². The fourth-order valence-electron chi connectivity index (χ4n) is 4.49. The second-order valence-electron chi connectivity index (χ2n) is 10.5. The highest BCUT2D eigenvalue weighted by atomic mass is 35.5. The van der Waals surface area contributed by atoms with Gasteiger partial charge in [-0.25, -0.2) is 8.42 Å². The van der Waals surface area contributed by atoms with Crippen LogP contribution in [-0.4, -0.2) is 50.5 Å². The first-order chi connectivity index (χ1) is 19.5. The number of amides is 2. The first-order valence-corrected chi connectivity index (χ1v) is 16.2. The summed E-state index contributed by atoms with van der Waals surface area (Å²) >= 11 is 6.10. The third-order valence-electron chi connectivity index (χ3n) is 6.89. The van der Waals surface area contributed by atoms with Crippen LogP contribution in [0.3, 0.4) is 0 Å². The lowest BCUT2D eigenvalue weighted by Crippen LogP contribution is -2.53. The molecule has 3 aromatic rings. The van der Waals surface area contributed by atoms with Crippen LogP contribution in [0.15, 0.2) is 78.9 Å². The average molecular weight is 598 g/mol. The Kier molecular flexibility index (Phi) is 11.8. The van der Waals surface area contributed by atoms with E-state index in [1.54, 1.807) is 36.4 Å². The maximum absolute atomic E-state index is 14.1. The van der Waals surface area contributed by atoms with E-state index in [4.69, 9.17) is 11.6 Å². The predicted octanol–water partition coefficient (Wildman–Crippen LogP) is 5.79. The maximum Gasteiger partial charge on any atom is 0.244 e. The highest BCUT2D eigenvalue weighted by Gasteiger charge is 2.33. The predicted molar refractivity (Wildman–Crippen MR) is 167 cm³/mol. The van der Waals surface area contributed by atoms with E-state index in [0.29, 0.717) is 17.3 Å². The zero-order valence-electron chi connectivity index (χ0n) is 24.2. The fourth-order valence-corrected chi connectivity index (χ4v) is 5.46. The van der Waals surface area contributed by atoms with Crippen LogP contribution in [0.1, 0.15) is 56.2 Å². The Morgan fingerprint density at radius 1 is 0.902 bits per heavy atom. The van der Waals surface area contributed by atoms with Crippen molar-refractivity contribution in [2.75, 3.05) is 23.7 Å². The van der Waals surface area contributed by atoms with Crippen molar-refractivity contribution >= 4 is 39.1 Å². The number of nitrogens with one attached hydrogen (secondary N) is 1. The van der Waals surface area contributed by atoms with Crippen LogP contribution < -0.4 is 9.62 Å². The molecule has 1 atom stereocenters. The molecule has 3 aromatic carbocycles. The first-order valence-electron chi connectivity index (χ1n) is 13.9. The first kappa shape index (κ1) is 32.2. The molecule has 0 aliphatic rings. The number of nitrogens with zero attached hydrogens (tertiary/aromatic N) is 2. The number of hydrogen-bond acceptors (Lipinski definition) is 4. The van der Waals surface area contributed by atoms with E-state index >= 15 is 0 Å². The minimum atomic E-state index is -3.81. The van der Waals surface area contributed by atoms with Crippen LogP contribution in [-0.2, 0) is 32.6 Å². The molecule has 220 valence electrons. The summed E-state index contributed by atoms with van der Waals surface area (Å²) in [4.78, 5) is 29.2. The second kappa shape index (κ2) is 15.0. The van der Waals surface area contributed by atoms with Crippen molar-refractivity contribution in [3.8, 4) is 0 Å². The van der Waals surface area contributed by atoms with Crippen LogP contribution in [0.25, 0.3) is 0 Å². The van der Waals surface area contributed by atoms with E-state index in [1.165, 1.54) is 4.90 Å². The van der Waals surface area contributed by atoms with E-state index in [-0.39, 0.29) is 24.8 Å². The van der Waals surface area contributed by atoms with Crippen molar-refractivity contribution in [1.29, 1.82) is 0 Å². The van der Waals surface area contributed by atoms with Gasteiger partial charge in [0, 0.05) is 24.5 Å². The molecule has 1 N–H and O–H groups in total. The minimum Gasteiger partial charge on any atom is -0.354 e. The van der Waals surface area contributed by atoms with Gasteiger partial charge in [-0.1, -0.05) is 93.4 Å². The highest BCUT2D eigenvalue weighted by molar-refractivity contribution is 7.92. The van der Waals surface area contributed by atoms with Gasteiger partial charge in [0.25, 0.3) is 0 Å². The molecule has 0 saturated carbocycles. The molecule has 9 heteroatoms. The molecule has 0 saturated heterocycles. The number of rotatable bonds is 14. The molecule has 0 bridgehead atoms. The number of carbonyl (C=O) groups is 2. The molecule has 2 amide bonds. The number of unbranched alkanes of at least 4 members (excludes halogenated alkanes) is 1. The number of carbonyl (C=O) groups excluding carboxylic acids is 2. The molecular weight excluding hydrogens is 558 g/mol. The smallest absolute Gasteiger partial charge is 0.244 e. The Bertz CT molecular complexity index is 1380. The topological polar surface area (TPSA) is 86.8 Å². The normalized spacial score (nSPS) is 12.1. The largest absolute Gasteiger partial charge is 0.354 e. The second-order valence-corrected chi connectivity index (χ2v) is 12.9. The van der Waals surface area contributed by atoms with E-state index < -0.39 is 28.5 Å². The van der Waals surface area contributed by atoms with Gasteiger partial charge >= 0.3 is 0 Å². The summed E-state index contributed by atoms with van der Waals surface area (Å²) in [5.74, 6) is -0.487. The standard InChI is InChI=1S/C32H40ClN3O4S/c1-5-6-20-34-32(38)30(21-25-10-8-7-9-11-25)35(22-26-12-16-28(33)17-13-26)31(37)23-36(41(4,39)40)29-18-14-27(15-19-29)24(2)3/h7-19,24,30H,5-6,20-23H2,1-4H3,(H,34,38)/t30-/m0/s1. The Morgan fingerprint density at radius 3 is 2.10 bits per heavy atom. The molecule has 0 aliphatic carbocycles. The Hall–Kier alpha value is -3.36. The summed E-state index contributed by atoms with van der Waals surface area (Å²) in [5, 5.41) is 3.53. The Balaban J connectivity index is 2.02. The van der Waals surface area contributed by atoms with Crippen molar-refractivity contribution in [2.24, 2.45) is 0 Å². The number of halogens is 1. The van der Waals surface area contributed by atoms with Gasteiger partial charge in [0.1, 0.15) is 12.6 Å². The van der Waals surface area contributed by atoms with E-state index in [0.717, 1.165) is 40.1 Å². The Labute approximate surface area is 249 Å².